The number of sulfone groups is 1. The lowest BCUT2D eigenvalue weighted by Gasteiger charge is -2.11. The Kier molecular flexibility index (Phi) is 6.07. The molecule has 0 aliphatic carbocycles. The summed E-state index contributed by atoms with van der Waals surface area (Å²) in [5.41, 5.74) is 0.609. The van der Waals surface area contributed by atoms with Crippen LogP contribution in [0.5, 0.6) is 5.75 Å². The molecular formula is C18H17ClN2O3S. The van der Waals surface area contributed by atoms with Gasteiger partial charge in [0.25, 0.3) is 0 Å². The maximum absolute atomic E-state index is 12.5. The van der Waals surface area contributed by atoms with Gasteiger partial charge in [0.15, 0.2) is 4.91 Å². The van der Waals surface area contributed by atoms with Crippen LogP contribution in [0.25, 0.3) is 0 Å². The quantitative estimate of drug-likeness (QED) is 0.757. The van der Waals surface area contributed by atoms with Crippen molar-refractivity contribution in [1.29, 1.82) is 5.26 Å². The van der Waals surface area contributed by atoms with Crippen molar-refractivity contribution in [3.63, 3.8) is 0 Å². The second kappa shape index (κ2) is 8.06. The Morgan fingerprint density at radius 3 is 2.52 bits per heavy atom. The predicted octanol–water partition coefficient (Wildman–Crippen LogP) is 4.38. The minimum Gasteiger partial charge on any atom is -0.491 e. The van der Waals surface area contributed by atoms with Gasteiger partial charge in [-0.1, -0.05) is 17.7 Å². The molecule has 130 valence electrons. The molecule has 7 heteroatoms. The summed E-state index contributed by atoms with van der Waals surface area (Å²) in [6.07, 6.45) is 1.18. The van der Waals surface area contributed by atoms with Gasteiger partial charge in [-0.25, -0.2) is 8.42 Å². The zero-order chi connectivity index (χ0) is 18.4. The van der Waals surface area contributed by atoms with E-state index in [4.69, 9.17) is 16.3 Å². The molecule has 0 amide bonds. The summed E-state index contributed by atoms with van der Waals surface area (Å²) in [4.78, 5) is -0.395. The molecule has 0 spiro atoms. The Hall–Kier alpha value is -2.49. The van der Waals surface area contributed by atoms with Crippen molar-refractivity contribution < 1.29 is 13.2 Å². The molecule has 0 radical (unpaired) electrons. The molecule has 0 heterocycles. The van der Waals surface area contributed by atoms with Crippen molar-refractivity contribution in [2.24, 2.45) is 0 Å². The first kappa shape index (κ1) is 18.8. The summed E-state index contributed by atoms with van der Waals surface area (Å²) in [6, 6.07) is 14.4. The Morgan fingerprint density at radius 1 is 1.24 bits per heavy atom. The van der Waals surface area contributed by atoms with Gasteiger partial charge in [0.05, 0.1) is 11.0 Å². The highest BCUT2D eigenvalue weighted by Gasteiger charge is 2.20. The molecule has 0 aromatic heterocycles. The molecule has 5 nitrogen and oxygen atoms in total. The fraction of sp³-hybridized carbons (Fsp3) is 0.167. The lowest BCUT2D eigenvalue weighted by molar-refractivity contribution is 0.242. The van der Waals surface area contributed by atoms with Gasteiger partial charge in [0.1, 0.15) is 11.8 Å². The molecule has 1 N–H and O–H groups in total. The first-order chi connectivity index (χ1) is 11.8. The number of benzene rings is 2. The fourth-order valence-electron chi connectivity index (χ4n) is 1.99. The number of anilines is 1. The number of nitrogens with zero attached hydrogens (tertiary/aromatic N) is 1. The molecule has 2 rings (SSSR count). The summed E-state index contributed by atoms with van der Waals surface area (Å²) >= 11 is 5.77. The van der Waals surface area contributed by atoms with Gasteiger partial charge in [0, 0.05) is 23.0 Å². The maximum atomic E-state index is 12.5. The van der Waals surface area contributed by atoms with Gasteiger partial charge < -0.3 is 10.1 Å². The third-order valence-corrected chi connectivity index (χ3v) is 5.03. The van der Waals surface area contributed by atoms with E-state index in [9.17, 15) is 13.7 Å². The summed E-state index contributed by atoms with van der Waals surface area (Å²) in [6.45, 7) is 3.82. The second-order valence-electron chi connectivity index (χ2n) is 5.42. The molecule has 0 saturated heterocycles. The highest BCUT2D eigenvalue weighted by molar-refractivity contribution is 7.95. The fourth-order valence-corrected chi connectivity index (χ4v) is 3.20. The van der Waals surface area contributed by atoms with Crippen molar-refractivity contribution in [2.75, 3.05) is 5.32 Å². The number of halogens is 1. The topological polar surface area (TPSA) is 79.2 Å². The van der Waals surface area contributed by atoms with Crippen LogP contribution in [0, 0.1) is 11.3 Å². The zero-order valence-electron chi connectivity index (χ0n) is 13.7. The minimum atomic E-state index is -3.92. The Labute approximate surface area is 152 Å². The number of hydrogen-bond donors (Lipinski definition) is 1. The smallest absolute Gasteiger partial charge is 0.218 e. The first-order valence-corrected chi connectivity index (χ1v) is 9.33. The van der Waals surface area contributed by atoms with Crippen molar-refractivity contribution in [2.45, 2.75) is 24.8 Å². The number of nitrogens with one attached hydrogen (secondary N) is 1. The maximum Gasteiger partial charge on any atom is 0.218 e. The number of hydrogen-bond acceptors (Lipinski definition) is 5. The average Bonchev–Trinajstić information content (AvgIpc) is 2.55. The molecular weight excluding hydrogens is 360 g/mol. The Bertz CT molecular complexity index is 914. The zero-order valence-corrected chi connectivity index (χ0v) is 15.3. The van der Waals surface area contributed by atoms with Crippen LogP contribution in [0.4, 0.5) is 5.69 Å². The highest BCUT2D eigenvalue weighted by atomic mass is 35.5. The van der Waals surface area contributed by atoms with Gasteiger partial charge in [-0.3, -0.25) is 0 Å². The number of rotatable bonds is 6. The summed E-state index contributed by atoms with van der Waals surface area (Å²) < 4.78 is 30.6. The van der Waals surface area contributed by atoms with Gasteiger partial charge in [0.2, 0.25) is 9.84 Å². The van der Waals surface area contributed by atoms with Crippen LogP contribution in [-0.2, 0) is 9.84 Å². The van der Waals surface area contributed by atoms with E-state index in [0.717, 1.165) is 0 Å². The third-order valence-electron chi connectivity index (χ3n) is 3.10. The number of ether oxygens (including phenoxy) is 1. The molecule has 0 aliphatic heterocycles. The van der Waals surface area contributed by atoms with E-state index in [1.165, 1.54) is 30.5 Å². The van der Waals surface area contributed by atoms with Gasteiger partial charge in [-0.15, -0.1) is 0 Å². The molecule has 0 atom stereocenters. The monoisotopic (exact) mass is 376 g/mol. The SMILES string of the molecule is CC(C)Oc1cccc(NC=C(C#N)S(=O)(=O)c2ccc(Cl)cc2)c1. The molecule has 0 aliphatic rings. The standard InChI is InChI=1S/C18H17ClN2O3S/c1-13(2)24-16-5-3-4-15(10-16)21-12-18(11-20)25(22,23)17-8-6-14(19)7-9-17/h3-10,12-13,21H,1-2H3. The van der Waals surface area contributed by atoms with Crippen LogP contribution in [0.15, 0.2) is 64.5 Å². The molecule has 2 aromatic carbocycles. The van der Waals surface area contributed by atoms with Crippen molar-refractivity contribution in [3.8, 4) is 11.8 Å². The van der Waals surface area contributed by atoms with E-state index in [2.05, 4.69) is 5.32 Å². The van der Waals surface area contributed by atoms with Gasteiger partial charge >= 0.3 is 0 Å². The third kappa shape index (κ3) is 4.99. The molecule has 25 heavy (non-hydrogen) atoms. The minimum absolute atomic E-state index is 0.00314. The van der Waals surface area contributed by atoms with E-state index in [1.54, 1.807) is 30.3 Å². The molecule has 0 fully saturated rings. The summed E-state index contributed by atoms with van der Waals surface area (Å²) in [5, 5.41) is 12.5. The molecule has 0 bridgehead atoms. The van der Waals surface area contributed by atoms with Crippen LogP contribution in [0.1, 0.15) is 13.8 Å². The van der Waals surface area contributed by atoms with E-state index in [-0.39, 0.29) is 11.0 Å². The molecule has 0 unspecified atom stereocenters. The second-order valence-corrected chi connectivity index (χ2v) is 7.77. The number of allylic oxidation sites excluding steroid dienone is 1. The van der Waals surface area contributed by atoms with Crippen molar-refractivity contribution in [1.82, 2.24) is 0 Å². The van der Waals surface area contributed by atoms with Crippen LogP contribution in [-0.4, -0.2) is 14.5 Å². The lowest BCUT2D eigenvalue weighted by Crippen LogP contribution is -2.06. The summed E-state index contributed by atoms with van der Waals surface area (Å²) in [7, 11) is -3.92. The molecule has 2 aromatic rings. The van der Waals surface area contributed by atoms with Gasteiger partial charge in [-0.05, 0) is 50.2 Å². The van der Waals surface area contributed by atoms with E-state index >= 15 is 0 Å². The first-order valence-electron chi connectivity index (χ1n) is 7.47. The van der Waals surface area contributed by atoms with E-state index < -0.39 is 14.7 Å². The van der Waals surface area contributed by atoms with Crippen molar-refractivity contribution in [3.05, 3.63) is 64.7 Å². The normalized spacial score (nSPS) is 11.9. The number of nitriles is 1. The molecule has 0 saturated carbocycles. The van der Waals surface area contributed by atoms with Crippen LogP contribution < -0.4 is 10.1 Å². The average molecular weight is 377 g/mol. The lowest BCUT2D eigenvalue weighted by atomic mass is 10.3. The van der Waals surface area contributed by atoms with Crippen LogP contribution >= 0.6 is 11.6 Å². The Balaban J connectivity index is 2.26. The highest BCUT2D eigenvalue weighted by Crippen LogP contribution is 2.22. The van der Waals surface area contributed by atoms with E-state index in [0.29, 0.717) is 16.5 Å². The van der Waals surface area contributed by atoms with Gasteiger partial charge in [-0.2, -0.15) is 5.26 Å². The van der Waals surface area contributed by atoms with Crippen LogP contribution in [0.3, 0.4) is 0 Å². The van der Waals surface area contributed by atoms with Crippen LogP contribution in [0.2, 0.25) is 5.02 Å². The summed E-state index contributed by atoms with van der Waals surface area (Å²) in [5.74, 6) is 0.646. The van der Waals surface area contributed by atoms with Crippen molar-refractivity contribution >= 4 is 27.1 Å². The van der Waals surface area contributed by atoms with E-state index in [1.807, 2.05) is 13.8 Å². The predicted molar refractivity (Wildman–Crippen MR) is 98.2 cm³/mol. The Morgan fingerprint density at radius 2 is 1.92 bits per heavy atom. The largest absolute Gasteiger partial charge is 0.491 e.